The molecule has 7 nitrogen and oxygen atoms in total. The van der Waals surface area contributed by atoms with Gasteiger partial charge in [0.2, 0.25) is 0 Å². The van der Waals surface area contributed by atoms with Crippen molar-refractivity contribution >= 4 is 17.4 Å². The SMILES string of the molecule is CCCCN(C)c1ccc(C(=O)NCc2nc3ncccn3n2)cc1. The Morgan fingerprint density at radius 1 is 1.28 bits per heavy atom. The van der Waals surface area contributed by atoms with Crippen LogP contribution in [0.4, 0.5) is 5.69 Å². The van der Waals surface area contributed by atoms with Crippen molar-refractivity contribution < 1.29 is 4.79 Å². The molecular formula is C18H22N6O. The summed E-state index contributed by atoms with van der Waals surface area (Å²) < 4.78 is 1.59. The Morgan fingerprint density at radius 3 is 2.80 bits per heavy atom. The number of hydrogen-bond donors (Lipinski definition) is 1. The lowest BCUT2D eigenvalue weighted by Gasteiger charge is -2.19. The number of fused-ring (bicyclic) bond motifs is 1. The van der Waals surface area contributed by atoms with Crippen molar-refractivity contribution in [3.63, 3.8) is 0 Å². The quantitative estimate of drug-likeness (QED) is 0.715. The van der Waals surface area contributed by atoms with Crippen LogP contribution in [0.15, 0.2) is 42.7 Å². The van der Waals surface area contributed by atoms with Crippen LogP contribution in [0.2, 0.25) is 0 Å². The van der Waals surface area contributed by atoms with E-state index in [1.165, 1.54) is 0 Å². The number of nitrogens with one attached hydrogen (secondary N) is 1. The minimum atomic E-state index is -0.144. The van der Waals surface area contributed by atoms with Gasteiger partial charge in [0.15, 0.2) is 5.82 Å². The summed E-state index contributed by atoms with van der Waals surface area (Å²) in [4.78, 5) is 22.8. The minimum absolute atomic E-state index is 0.144. The molecule has 2 aromatic heterocycles. The molecule has 7 heteroatoms. The minimum Gasteiger partial charge on any atom is -0.375 e. The Labute approximate surface area is 146 Å². The van der Waals surface area contributed by atoms with Crippen molar-refractivity contribution in [2.75, 3.05) is 18.5 Å². The number of carbonyl (C=O) groups is 1. The van der Waals surface area contributed by atoms with Crippen LogP contribution >= 0.6 is 0 Å². The molecule has 0 fully saturated rings. The van der Waals surface area contributed by atoms with E-state index in [0.717, 1.165) is 25.1 Å². The molecule has 0 spiro atoms. The van der Waals surface area contributed by atoms with Crippen molar-refractivity contribution in [3.05, 3.63) is 54.1 Å². The number of unbranched alkanes of at least 4 members (excludes halogenated alkanes) is 1. The lowest BCUT2D eigenvalue weighted by molar-refractivity contribution is 0.0950. The fourth-order valence-electron chi connectivity index (χ4n) is 2.50. The summed E-state index contributed by atoms with van der Waals surface area (Å²) in [7, 11) is 2.06. The second-order valence-corrected chi connectivity index (χ2v) is 5.90. The molecule has 0 bridgehead atoms. The monoisotopic (exact) mass is 338 g/mol. The lowest BCUT2D eigenvalue weighted by Crippen LogP contribution is -2.23. The average Bonchev–Trinajstić information content (AvgIpc) is 3.07. The van der Waals surface area contributed by atoms with Gasteiger partial charge in [-0.1, -0.05) is 13.3 Å². The van der Waals surface area contributed by atoms with E-state index in [2.05, 4.69) is 39.3 Å². The molecule has 0 unspecified atom stereocenters. The van der Waals surface area contributed by atoms with E-state index in [-0.39, 0.29) is 12.5 Å². The molecule has 0 saturated heterocycles. The Kier molecular flexibility index (Phi) is 5.23. The van der Waals surface area contributed by atoms with E-state index in [4.69, 9.17) is 0 Å². The van der Waals surface area contributed by atoms with E-state index < -0.39 is 0 Å². The number of aromatic nitrogens is 4. The fourth-order valence-corrected chi connectivity index (χ4v) is 2.50. The van der Waals surface area contributed by atoms with Crippen LogP contribution in [-0.4, -0.2) is 39.1 Å². The highest BCUT2D eigenvalue weighted by Crippen LogP contribution is 2.14. The van der Waals surface area contributed by atoms with Crippen molar-refractivity contribution in [2.24, 2.45) is 0 Å². The number of amides is 1. The van der Waals surface area contributed by atoms with Gasteiger partial charge in [-0.2, -0.15) is 4.98 Å². The Bertz CT molecular complexity index is 809. The molecule has 0 aliphatic rings. The van der Waals surface area contributed by atoms with E-state index in [1.54, 1.807) is 23.0 Å². The molecule has 1 amide bonds. The maximum atomic E-state index is 12.3. The lowest BCUT2D eigenvalue weighted by atomic mass is 10.2. The highest BCUT2D eigenvalue weighted by atomic mass is 16.1. The van der Waals surface area contributed by atoms with Gasteiger partial charge in [0.25, 0.3) is 11.7 Å². The fraction of sp³-hybridized carbons (Fsp3) is 0.333. The van der Waals surface area contributed by atoms with Crippen molar-refractivity contribution in [1.29, 1.82) is 0 Å². The zero-order valence-corrected chi connectivity index (χ0v) is 14.5. The molecule has 1 aromatic carbocycles. The standard InChI is InChI=1S/C18H22N6O/c1-3-4-11-23(2)15-8-6-14(7-9-15)17(25)20-13-16-21-18-19-10-5-12-24(18)22-16/h5-10,12H,3-4,11,13H2,1-2H3,(H,20,25). The Balaban J connectivity index is 1.59. The predicted octanol–water partition coefficient (Wildman–Crippen LogP) is 2.29. The molecule has 1 N–H and O–H groups in total. The second kappa shape index (κ2) is 7.74. The Hall–Kier alpha value is -2.96. The maximum absolute atomic E-state index is 12.3. The van der Waals surface area contributed by atoms with E-state index in [0.29, 0.717) is 17.2 Å². The topological polar surface area (TPSA) is 75.4 Å². The van der Waals surface area contributed by atoms with Crippen LogP contribution in [0, 0.1) is 0 Å². The van der Waals surface area contributed by atoms with E-state index in [9.17, 15) is 4.79 Å². The zero-order valence-electron chi connectivity index (χ0n) is 14.5. The first-order chi connectivity index (χ1) is 12.2. The molecule has 0 aliphatic heterocycles. The molecule has 25 heavy (non-hydrogen) atoms. The molecular weight excluding hydrogens is 316 g/mol. The summed E-state index contributed by atoms with van der Waals surface area (Å²) >= 11 is 0. The van der Waals surface area contributed by atoms with Gasteiger partial charge in [-0.15, -0.1) is 5.10 Å². The summed E-state index contributed by atoms with van der Waals surface area (Å²) in [5, 5.41) is 7.11. The summed E-state index contributed by atoms with van der Waals surface area (Å²) in [6.07, 6.45) is 5.75. The predicted molar refractivity (Wildman–Crippen MR) is 96.6 cm³/mol. The zero-order chi connectivity index (χ0) is 17.6. The Morgan fingerprint density at radius 2 is 2.08 bits per heavy atom. The van der Waals surface area contributed by atoms with Crippen molar-refractivity contribution in [3.8, 4) is 0 Å². The molecule has 3 rings (SSSR count). The summed E-state index contributed by atoms with van der Waals surface area (Å²) in [6.45, 7) is 3.45. The van der Waals surface area contributed by atoms with Crippen LogP contribution in [0.5, 0.6) is 0 Å². The molecule has 0 radical (unpaired) electrons. The first kappa shape index (κ1) is 16.9. The van der Waals surface area contributed by atoms with Gasteiger partial charge in [-0.3, -0.25) is 4.79 Å². The molecule has 0 saturated carbocycles. The second-order valence-electron chi connectivity index (χ2n) is 5.90. The molecule has 130 valence electrons. The number of anilines is 1. The highest BCUT2D eigenvalue weighted by molar-refractivity contribution is 5.94. The number of benzene rings is 1. The molecule has 0 aliphatic carbocycles. The van der Waals surface area contributed by atoms with Crippen LogP contribution in [0.25, 0.3) is 5.78 Å². The van der Waals surface area contributed by atoms with Gasteiger partial charge in [-0.05, 0) is 36.8 Å². The average molecular weight is 338 g/mol. The van der Waals surface area contributed by atoms with Gasteiger partial charge in [0, 0.05) is 37.2 Å². The summed E-state index contributed by atoms with van der Waals surface area (Å²) in [6, 6.07) is 9.40. The van der Waals surface area contributed by atoms with Crippen molar-refractivity contribution in [2.45, 2.75) is 26.3 Å². The van der Waals surface area contributed by atoms with Gasteiger partial charge in [-0.25, -0.2) is 9.50 Å². The third kappa shape index (κ3) is 4.12. The molecule has 3 aromatic rings. The summed E-state index contributed by atoms with van der Waals surface area (Å²) in [5.41, 5.74) is 1.73. The number of carbonyl (C=O) groups excluding carboxylic acids is 1. The molecule has 0 atom stereocenters. The van der Waals surface area contributed by atoms with Crippen molar-refractivity contribution in [1.82, 2.24) is 24.9 Å². The highest BCUT2D eigenvalue weighted by Gasteiger charge is 2.09. The van der Waals surface area contributed by atoms with Gasteiger partial charge in [0.1, 0.15) is 0 Å². The normalized spacial score (nSPS) is 10.8. The molecule has 2 heterocycles. The number of hydrogen-bond acceptors (Lipinski definition) is 5. The van der Waals surface area contributed by atoms with Crippen LogP contribution in [0.3, 0.4) is 0 Å². The third-order valence-corrected chi connectivity index (χ3v) is 3.98. The van der Waals surface area contributed by atoms with E-state index in [1.807, 2.05) is 24.3 Å². The smallest absolute Gasteiger partial charge is 0.252 e. The van der Waals surface area contributed by atoms with E-state index >= 15 is 0 Å². The van der Waals surface area contributed by atoms with Crippen LogP contribution in [0.1, 0.15) is 35.9 Å². The first-order valence-corrected chi connectivity index (χ1v) is 8.43. The number of rotatable bonds is 7. The first-order valence-electron chi connectivity index (χ1n) is 8.43. The maximum Gasteiger partial charge on any atom is 0.252 e. The van der Waals surface area contributed by atoms with Gasteiger partial charge >= 0.3 is 0 Å². The van der Waals surface area contributed by atoms with Crippen LogP contribution in [-0.2, 0) is 6.54 Å². The van der Waals surface area contributed by atoms with Gasteiger partial charge < -0.3 is 10.2 Å². The number of nitrogens with zero attached hydrogens (tertiary/aromatic N) is 5. The van der Waals surface area contributed by atoms with Gasteiger partial charge in [0.05, 0.1) is 6.54 Å². The summed E-state index contributed by atoms with van der Waals surface area (Å²) in [5.74, 6) is 0.906. The third-order valence-electron chi connectivity index (χ3n) is 3.98. The van der Waals surface area contributed by atoms with Crippen LogP contribution < -0.4 is 10.2 Å². The largest absolute Gasteiger partial charge is 0.375 e.